The van der Waals surface area contributed by atoms with Gasteiger partial charge in [0.05, 0.1) is 6.26 Å². The molecule has 39 heavy (non-hydrogen) atoms. The van der Waals surface area contributed by atoms with Crippen molar-refractivity contribution in [2.75, 3.05) is 0 Å². The standard InChI is InChI=1S/C13H22.C12H9FO2.C7H8.C4H10/c1-5-8-9-12(4)10-11-13(6-2)7-3;13-10-5-3-9(4-6-10)8-11(14)12-2-1-7-15-12;1-7-5-3-2-4-6-7;1-3-4-2/h6,10-11H,4-5,7-9H2,1-3H3;1-7H,8H2;2-6H,1H3;3-4H2,1-2H3/b11-10-,13-6-;;;. The number of unbranched alkanes of at least 4 members (excludes halogenated alkanes) is 2. The van der Waals surface area contributed by atoms with Crippen molar-refractivity contribution in [3.05, 3.63) is 132 Å². The Labute approximate surface area is 237 Å². The number of aryl methyl sites for hydroxylation is 1. The number of carbonyl (C=O) groups excluding carboxylic acids is 1. The maximum atomic E-state index is 12.6. The number of allylic oxidation sites excluding steroid dienone is 5. The minimum atomic E-state index is -0.302. The average molecular weight is 533 g/mol. The van der Waals surface area contributed by atoms with Crippen LogP contribution >= 0.6 is 0 Å². The highest BCUT2D eigenvalue weighted by molar-refractivity contribution is 5.94. The second kappa shape index (κ2) is 23.6. The van der Waals surface area contributed by atoms with Crippen LogP contribution < -0.4 is 0 Å². The highest BCUT2D eigenvalue weighted by Gasteiger charge is 2.09. The molecular weight excluding hydrogens is 483 g/mol. The van der Waals surface area contributed by atoms with Crippen LogP contribution in [-0.4, -0.2) is 5.78 Å². The van der Waals surface area contributed by atoms with E-state index in [1.165, 1.54) is 60.8 Å². The molecule has 0 radical (unpaired) electrons. The van der Waals surface area contributed by atoms with Crippen LogP contribution in [0.4, 0.5) is 4.39 Å². The molecular formula is C36H49FO2. The molecule has 3 aromatic rings. The van der Waals surface area contributed by atoms with Crippen molar-refractivity contribution in [1.29, 1.82) is 0 Å². The molecule has 1 aromatic heterocycles. The van der Waals surface area contributed by atoms with Crippen molar-refractivity contribution < 1.29 is 13.6 Å². The fourth-order valence-electron chi connectivity index (χ4n) is 2.98. The van der Waals surface area contributed by atoms with Crippen LogP contribution in [0.3, 0.4) is 0 Å². The van der Waals surface area contributed by atoms with Crippen LogP contribution in [0, 0.1) is 12.7 Å². The van der Waals surface area contributed by atoms with E-state index < -0.39 is 0 Å². The highest BCUT2D eigenvalue weighted by Crippen LogP contribution is 2.10. The smallest absolute Gasteiger partial charge is 0.202 e. The van der Waals surface area contributed by atoms with Crippen LogP contribution in [0.5, 0.6) is 0 Å². The lowest BCUT2D eigenvalue weighted by atomic mass is 10.1. The first-order chi connectivity index (χ1) is 18.8. The van der Waals surface area contributed by atoms with E-state index in [-0.39, 0.29) is 18.0 Å². The number of carbonyl (C=O) groups is 1. The summed E-state index contributed by atoms with van der Waals surface area (Å²) in [6.07, 6.45) is 15.5. The van der Waals surface area contributed by atoms with Crippen molar-refractivity contribution in [3.8, 4) is 0 Å². The Morgan fingerprint density at radius 1 is 0.872 bits per heavy atom. The summed E-state index contributed by atoms with van der Waals surface area (Å²) in [5.41, 5.74) is 4.73. The first-order valence-electron chi connectivity index (χ1n) is 14.1. The third-order valence-corrected chi connectivity index (χ3v) is 5.68. The zero-order chi connectivity index (χ0) is 29.3. The fourth-order valence-corrected chi connectivity index (χ4v) is 2.98. The molecule has 0 aliphatic heterocycles. The minimum Gasteiger partial charge on any atom is -0.461 e. The monoisotopic (exact) mass is 532 g/mol. The van der Waals surface area contributed by atoms with Gasteiger partial charge in [0.15, 0.2) is 5.76 Å². The molecule has 1 heterocycles. The summed E-state index contributed by atoms with van der Waals surface area (Å²) in [5.74, 6) is -0.0740. The number of Topliss-reactive ketones (excluding diaryl/α,β-unsaturated/α-hetero) is 1. The maximum absolute atomic E-state index is 12.6. The van der Waals surface area contributed by atoms with Gasteiger partial charge in [-0.25, -0.2) is 4.39 Å². The van der Waals surface area contributed by atoms with Gasteiger partial charge in [-0.05, 0) is 62.9 Å². The van der Waals surface area contributed by atoms with Gasteiger partial charge < -0.3 is 4.42 Å². The second-order valence-corrected chi connectivity index (χ2v) is 9.17. The Kier molecular flexibility index (Phi) is 21.5. The number of hydrogen-bond acceptors (Lipinski definition) is 2. The predicted molar refractivity (Wildman–Crippen MR) is 167 cm³/mol. The van der Waals surface area contributed by atoms with E-state index in [1.54, 1.807) is 24.3 Å². The molecule has 212 valence electrons. The van der Waals surface area contributed by atoms with Crippen molar-refractivity contribution in [2.24, 2.45) is 0 Å². The molecule has 0 fully saturated rings. The topological polar surface area (TPSA) is 30.2 Å². The molecule has 3 rings (SSSR count). The number of halogens is 1. The van der Waals surface area contributed by atoms with Crippen molar-refractivity contribution >= 4 is 5.78 Å². The molecule has 0 saturated carbocycles. The molecule has 0 unspecified atom stereocenters. The van der Waals surface area contributed by atoms with E-state index in [0.717, 1.165) is 18.4 Å². The number of benzene rings is 2. The number of rotatable bonds is 10. The molecule has 0 bridgehead atoms. The number of furan rings is 1. The summed E-state index contributed by atoms with van der Waals surface area (Å²) in [6, 6.07) is 19.4. The number of ketones is 1. The minimum absolute atomic E-state index is 0.105. The van der Waals surface area contributed by atoms with Crippen LogP contribution in [-0.2, 0) is 6.42 Å². The van der Waals surface area contributed by atoms with Gasteiger partial charge in [0.1, 0.15) is 5.82 Å². The van der Waals surface area contributed by atoms with E-state index in [0.29, 0.717) is 5.76 Å². The van der Waals surface area contributed by atoms with Gasteiger partial charge >= 0.3 is 0 Å². The lowest BCUT2D eigenvalue weighted by Gasteiger charge is -1.98. The first kappa shape index (κ1) is 35.5. The third-order valence-electron chi connectivity index (χ3n) is 5.68. The molecule has 3 heteroatoms. The normalized spacial score (nSPS) is 10.4. The van der Waals surface area contributed by atoms with E-state index in [2.05, 4.69) is 78.5 Å². The summed E-state index contributed by atoms with van der Waals surface area (Å²) >= 11 is 0. The Bertz CT molecular complexity index is 1060. The van der Waals surface area contributed by atoms with E-state index in [1.807, 2.05) is 18.2 Å². The Balaban J connectivity index is 0.000000544. The molecule has 2 nitrogen and oxygen atoms in total. The van der Waals surface area contributed by atoms with E-state index in [9.17, 15) is 9.18 Å². The highest BCUT2D eigenvalue weighted by atomic mass is 19.1. The summed E-state index contributed by atoms with van der Waals surface area (Å²) in [4.78, 5) is 11.6. The van der Waals surface area contributed by atoms with E-state index in [4.69, 9.17) is 4.42 Å². The molecule has 0 spiro atoms. The van der Waals surface area contributed by atoms with Gasteiger partial charge in [-0.3, -0.25) is 4.79 Å². The lowest BCUT2D eigenvalue weighted by Crippen LogP contribution is -2.01. The van der Waals surface area contributed by atoms with Crippen LogP contribution in [0.1, 0.15) is 94.8 Å². The molecule has 0 amide bonds. The maximum Gasteiger partial charge on any atom is 0.202 e. The Morgan fingerprint density at radius 3 is 1.95 bits per heavy atom. The zero-order valence-corrected chi connectivity index (χ0v) is 25.0. The molecule has 0 N–H and O–H groups in total. The molecule has 0 aliphatic carbocycles. The molecule has 0 aliphatic rings. The lowest BCUT2D eigenvalue weighted by molar-refractivity contribution is 0.0966. The number of hydrogen-bond donors (Lipinski definition) is 0. The van der Waals surface area contributed by atoms with Crippen molar-refractivity contribution in [1.82, 2.24) is 0 Å². The van der Waals surface area contributed by atoms with Crippen LogP contribution in [0.25, 0.3) is 0 Å². The van der Waals surface area contributed by atoms with Crippen molar-refractivity contribution in [2.45, 2.75) is 86.5 Å². The summed E-state index contributed by atoms with van der Waals surface area (Å²) in [6.45, 7) is 16.9. The summed E-state index contributed by atoms with van der Waals surface area (Å²) < 4.78 is 17.6. The van der Waals surface area contributed by atoms with Crippen molar-refractivity contribution in [3.63, 3.8) is 0 Å². The van der Waals surface area contributed by atoms with Gasteiger partial charge in [-0.2, -0.15) is 0 Å². The Morgan fingerprint density at radius 2 is 1.51 bits per heavy atom. The van der Waals surface area contributed by atoms with Gasteiger partial charge in [-0.15, -0.1) is 0 Å². The Hall–Kier alpha value is -3.46. The second-order valence-electron chi connectivity index (χ2n) is 9.17. The molecule has 0 atom stereocenters. The van der Waals surface area contributed by atoms with Gasteiger partial charge in [0.25, 0.3) is 0 Å². The van der Waals surface area contributed by atoms with Gasteiger partial charge in [0.2, 0.25) is 5.78 Å². The quantitative estimate of drug-likeness (QED) is 0.192. The van der Waals surface area contributed by atoms with Crippen LogP contribution in [0.2, 0.25) is 0 Å². The third kappa shape index (κ3) is 19.3. The van der Waals surface area contributed by atoms with Gasteiger partial charge in [0, 0.05) is 6.42 Å². The van der Waals surface area contributed by atoms with Gasteiger partial charge in [-0.1, -0.05) is 131 Å². The predicted octanol–water partition coefficient (Wildman–Crippen LogP) is 11.3. The first-order valence-corrected chi connectivity index (χ1v) is 14.1. The SMILES string of the molecule is C=C(/C=C\C(=C/C)CC)CCCC.CCCC.Cc1ccccc1.O=C(Cc1ccc(F)cc1)c1ccco1. The van der Waals surface area contributed by atoms with Crippen LogP contribution in [0.15, 0.2) is 113 Å². The zero-order valence-electron chi connectivity index (χ0n) is 25.0. The molecule has 2 aromatic carbocycles. The van der Waals surface area contributed by atoms with E-state index >= 15 is 0 Å². The molecule has 0 saturated heterocycles. The largest absolute Gasteiger partial charge is 0.461 e. The fraction of sp³-hybridized carbons (Fsp3) is 0.361. The average Bonchev–Trinajstić information content (AvgIpc) is 3.50. The summed E-state index contributed by atoms with van der Waals surface area (Å²) in [5, 5.41) is 0. The summed E-state index contributed by atoms with van der Waals surface area (Å²) in [7, 11) is 0.